The van der Waals surface area contributed by atoms with Gasteiger partial charge in [-0.15, -0.1) is 0 Å². The van der Waals surface area contributed by atoms with E-state index in [-0.39, 0.29) is 11.8 Å². The standard InChI is InChI=1S/C18H19BrN2O3/c1-18(2,17(23)21-14-6-4-5-12(19)11-14)16(22)20-13-7-9-15(24-3)10-8-13/h4-11H,1-3H3,(H,20,22)(H,21,23). The Kier molecular flexibility index (Phi) is 5.62. The largest absolute Gasteiger partial charge is 0.497 e. The molecule has 0 saturated carbocycles. The van der Waals surface area contributed by atoms with E-state index in [0.717, 1.165) is 4.47 Å². The molecule has 0 fully saturated rings. The molecule has 0 heterocycles. The van der Waals surface area contributed by atoms with Crippen LogP contribution in [0.3, 0.4) is 0 Å². The first-order chi connectivity index (χ1) is 11.3. The summed E-state index contributed by atoms with van der Waals surface area (Å²) in [6.07, 6.45) is 0. The third-order valence-corrected chi connectivity index (χ3v) is 4.06. The van der Waals surface area contributed by atoms with Gasteiger partial charge >= 0.3 is 0 Å². The van der Waals surface area contributed by atoms with E-state index in [4.69, 9.17) is 4.74 Å². The van der Waals surface area contributed by atoms with Gasteiger partial charge in [0.05, 0.1) is 7.11 Å². The Morgan fingerprint density at radius 3 is 2.08 bits per heavy atom. The van der Waals surface area contributed by atoms with Crippen molar-refractivity contribution in [3.05, 3.63) is 53.0 Å². The van der Waals surface area contributed by atoms with Gasteiger partial charge in [0.1, 0.15) is 11.2 Å². The van der Waals surface area contributed by atoms with Crippen molar-refractivity contribution >= 4 is 39.1 Å². The van der Waals surface area contributed by atoms with Crippen LogP contribution >= 0.6 is 15.9 Å². The number of hydrogen-bond acceptors (Lipinski definition) is 3. The van der Waals surface area contributed by atoms with Crippen LogP contribution < -0.4 is 15.4 Å². The molecule has 0 bridgehead atoms. The number of carbonyl (C=O) groups is 2. The molecule has 2 aromatic carbocycles. The summed E-state index contributed by atoms with van der Waals surface area (Å²) in [5, 5.41) is 5.51. The summed E-state index contributed by atoms with van der Waals surface area (Å²) in [7, 11) is 1.57. The predicted molar refractivity (Wildman–Crippen MR) is 98.2 cm³/mol. The van der Waals surface area contributed by atoms with Crippen molar-refractivity contribution in [1.82, 2.24) is 0 Å². The third-order valence-electron chi connectivity index (χ3n) is 3.57. The molecular formula is C18H19BrN2O3. The van der Waals surface area contributed by atoms with Crippen LogP contribution in [-0.2, 0) is 9.59 Å². The smallest absolute Gasteiger partial charge is 0.239 e. The highest BCUT2D eigenvalue weighted by Gasteiger charge is 2.36. The molecule has 0 aliphatic heterocycles. The van der Waals surface area contributed by atoms with Gasteiger partial charge < -0.3 is 15.4 Å². The molecule has 2 aromatic rings. The van der Waals surface area contributed by atoms with Crippen LogP contribution in [-0.4, -0.2) is 18.9 Å². The number of hydrogen-bond donors (Lipinski definition) is 2. The number of ether oxygens (including phenoxy) is 1. The van der Waals surface area contributed by atoms with Gasteiger partial charge in [0, 0.05) is 15.8 Å². The van der Waals surface area contributed by atoms with E-state index < -0.39 is 5.41 Å². The topological polar surface area (TPSA) is 67.4 Å². The summed E-state index contributed by atoms with van der Waals surface area (Å²) >= 11 is 3.35. The molecule has 0 aliphatic rings. The quantitative estimate of drug-likeness (QED) is 0.756. The van der Waals surface area contributed by atoms with Gasteiger partial charge in [-0.3, -0.25) is 9.59 Å². The molecule has 0 saturated heterocycles. The second-order valence-corrected chi connectivity index (χ2v) is 6.69. The van der Waals surface area contributed by atoms with Crippen LogP contribution in [0.2, 0.25) is 0 Å². The van der Waals surface area contributed by atoms with Gasteiger partial charge in [-0.05, 0) is 56.3 Å². The van der Waals surface area contributed by atoms with Gasteiger partial charge in [-0.2, -0.15) is 0 Å². The van der Waals surface area contributed by atoms with Crippen LogP contribution in [0.15, 0.2) is 53.0 Å². The normalized spacial score (nSPS) is 10.8. The molecular weight excluding hydrogens is 372 g/mol. The number of methoxy groups -OCH3 is 1. The summed E-state index contributed by atoms with van der Waals surface area (Å²) < 4.78 is 5.92. The van der Waals surface area contributed by atoms with E-state index >= 15 is 0 Å². The number of nitrogens with one attached hydrogen (secondary N) is 2. The van der Waals surface area contributed by atoms with Gasteiger partial charge in [0.2, 0.25) is 11.8 Å². The van der Waals surface area contributed by atoms with Crippen molar-refractivity contribution in [3.8, 4) is 5.75 Å². The zero-order valence-electron chi connectivity index (χ0n) is 13.7. The maximum Gasteiger partial charge on any atom is 0.239 e. The van der Waals surface area contributed by atoms with Crippen LogP contribution in [0.1, 0.15) is 13.8 Å². The first-order valence-electron chi connectivity index (χ1n) is 7.35. The second kappa shape index (κ2) is 7.49. The lowest BCUT2D eigenvalue weighted by atomic mass is 9.90. The molecule has 126 valence electrons. The van der Waals surface area contributed by atoms with Crippen molar-refractivity contribution in [1.29, 1.82) is 0 Å². The van der Waals surface area contributed by atoms with Crippen LogP contribution in [0.25, 0.3) is 0 Å². The zero-order chi connectivity index (χ0) is 17.7. The highest BCUT2D eigenvalue weighted by atomic mass is 79.9. The number of amides is 2. The fourth-order valence-electron chi connectivity index (χ4n) is 1.92. The van der Waals surface area contributed by atoms with Gasteiger partial charge in [0.25, 0.3) is 0 Å². The third kappa shape index (κ3) is 4.35. The number of halogens is 1. The fraction of sp³-hybridized carbons (Fsp3) is 0.222. The van der Waals surface area contributed by atoms with E-state index in [0.29, 0.717) is 17.1 Å². The van der Waals surface area contributed by atoms with E-state index in [9.17, 15) is 9.59 Å². The van der Waals surface area contributed by atoms with Gasteiger partial charge in [0.15, 0.2) is 0 Å². The lowest BCUT2D eigenvalue weighted by Crippen LogP contribution is -2.41. The summed E-state index contributed by atoms with van der Waals surface area (Å²) in [5.41, 5.74) is -0.00812. The molecule has 0 aromatic heterocycles. The van der Waals surface area contributed by atoms with Crippen LogP contribution in [0, 0.1) is 5.41 Å². The molecule has 0 radical (unpaired) electrons. The first-order valence-corrected chi connectivity index (χ1v) is 8.15. The molecule has 5 nitrogen and oxygen atoms in total. The van der Waals surface area contributed by atoms with Crippen molar-refractivity contribution in [3.63, 3.8) is 0 Å². The van der Waals surface area contributed by atoms with Gasteiger partial charge in [-0.25, -0.2) is 0 Å². The molecule has 0 atom stereocenters. The Morgan fingerprint density at radius 2 is 1.54 bits per heavy atom. The van der Waals surface area contributed by atoms with Crippen molar-refractivity contribution in [2.75, 3.05) is 17.7 Å². The molecule has 2 N–H and O–H groups in total. The maximum absolute atomic E-state index is 12.5. The molecule has 0 unspecified atom stereocenters. The minimum atomic E-state index is -1.23. The minimum absolute atomic E-state index is 0.383. The average molecular weight is 391 g/mol. The highest BCUT2D eigenvalue weighted by molar-refractivity contribution is 9.10. The Hall–Kier alpha value is -2.34. The van der Waals surface area contributed by atoms with Crippen molar-refractivity contribution in [2.45, 2.75) is 13.8 Å². The highest BCUT2D eigenvalue weighted by Crippen LogP contribution is 2.23. The number of benzene rings is 2. The molecule has 0 aliphatic carbocycles. The van der Waals surface area contributed by atoms with Crippen LogP contribution in [0.4, 0.5) is 11.4 Å². The average Bonchev–Trinajstić information content (AvgIpc) is 2.55. The van der Waals surface area contributed by atoms with Crippen LogP contribution in [0.5, 0.6) is 5.75 Å². The maximum atomic E-state index is 12.5. The number of carbonyl (C=O) groups excluding carboxylic acids is 2. The monoisotopic (exact) mass is 390 g/mol. The van der Waals surface area contributed by atoms with Gasteiger partial charge in [-0.1, -0.05) is 22.0 Å². The Morgan fingerprint density at radius 1 is 0.958 bits per heavy atom. The minimum Gasteiger partial charge on any atom is -0.497 e. The van der Waals surface area contributed by atoms with Crippen molar-refractivity contribution in [2.24, 2.45) is 5.41 Å². The van der Waals surface area contributed by atoms with E-state index in [1.54, 1.807) is 57.4 Å². The fourth-order valence-corrected chi connectivity index (χ4v) is 2.32. The lowest BCUT2D eigenvalue weighted by molar-refractivity contribution is -0.135. The zero-order valence-corrected chi connectivity index (χ0v) is 15.3. The molecule has 6 heteroatoms. The first kappa shape index (κ1) is 18.0. The van der Waals surface area contributed by atoms with E-state index in [1.807, 2.05) is 12.1 Å². The molecule has 2 amide bonds. The molecule has 24 heavy (non-hydrogen) atoms. The summed E-state index contributed by atoms with van der Waals surface area (Å²) in [4.78, 5) is 24.9. The number of rotatable bonds is 5. The Labute approximate surface area is 149 Å². The SMILES string of the molecule is COc1ccc(NC(=O)C(C)(C)C(=O)Nc2cccc(Br)c2)cc1. The molecule has 0 spiro atoms. The van der Waals surface area contributed by atoms with E-state index in [1.165, 1.54) is 0 Å². The lowest BCUT2D eigenvalue weighted by Gasteiger charge is -2.23. The summed E-state index contributed by atoms with van der Waals surface area (Å²) in [6, 6.07) is 14.1. The summed E-state index contributed by atoms with van der Waals surface area (Å²) in [6.45, 7) is 3.17. The predicted octanol–water partition coefficient (Wildman–Crippen LogP) is 4.06. The Bertz CT molecular complexity index is 742. The van der Waals surface area contributed by atoms with Crippen molar-refractivity contribution < 1.29 is 14.3 Å². The Balaban J connectivity index is 2.06. The summed E-state index contributed by atoms with van der Waals surface area (Å²) in [5.74, 6) is -0.0774. The van der Waals surface area contributed by atoms with E-state index in [2.05, 4.69) is 26.6 Å². The second-order valence-electron chi connectivity index (χ2n) is 5.77. The number of anilines is 2. The molecule has 2 rings (SSSR count).